The van der Waals surface area contributed by atoms with Crippen molar-refractivity contribution in [2.45, 2.75) is 32.4 Å². The van der Waals surface area contributed by atoms with Gasteiger partial charge in [-0.15, -0.1) is 11.3 Å². The van der Waals surface area contributed by atoms with Gasteiger partial charge in [0, 0.05) is 37.1 Å². The van der Waals surface area contributed by atoms with E-state index in [0.29, 0.717) is 0 Å². The highest BCUT2D eigenvalue weighted by Crippen LogP contribution is 2.30. The van der Waals surface area contributed by atoms with Crippen LogP contribution in [0.5, 0.6) is 0 Å². The Hall–Kier alpha value is -0.640. The van der Waals surface area contributed by atoms with E-state index >= 15 is 0 Å². The van der Waals surface area contributed by atoms with Crippen molar-refractivity contribution in [3.8, 4) is 0 Å². The van der Waals surface area contributed by atoms with Gasteiger partial charge >= 0.3 is 0 Å². The lowest BCUT2D eigenvalue weighted by molar-refractivity contribution is 0.278. The Morgan fingerprint density at radius 3 is 2.82 bits per heavy atom. The van der Waals surface area contributed by atoms with Gasteiger partial charge in [0.25, 0.3) is 0 Å². The number of nitrogens with one attached hydrogen (secondary N) is 1. The highest BCUT2D eigenvalue weighted by Gasteiger charge is 2.29. The summed E-state index contributed by atoms with van der Waals surface area (Å²) in [6, 6.07) is 5.26. The molecule has 3 heteroatoms. The minimum absolute atomic E-state index is 0.848. The highest BCUT2D eigenvalue weighted by molar-refractivity contribution is 7.09. The monoisotopic (exact) mass is 248 g/mol. The number of rotatable bonds is 5. The average Bonchev–Trinajstić information content (AvgIpc) is 2.95. The van der Waals surface area contributed by atoms with E-state index in [-0.39, 0.29) is 0 Å². The Balaban J connectivity index is 1.64. The molecule has 0 bridgehead atoms. The maximum Gasteiger partial charge on any atom is 0.0334 e. The second-order valence-electron chi connectivity index (χ2n) is 5.20. The van der Waals surface area contributed by atoms with E-state index in [1.165, 1.54) is 24.3 Å². The van der Waals surface area contributed by atoms with Crippen LogP contribution < -0.4 is 5.32 Å². The maximum absolute atomic E-state index is 3.33. The number of hydrogen-bond acceptors (Lipinski definition) is 3. The largest absolute Gasteiger partial charge is 0.309 e. The lowest BCUT2D eigenvalue weighted by Crippen LogP contribution is -2.37. The van der Waals surface area contributed by atoms with Crippen LogP contribution in [-0.2, 0) is 6.54 Å². The third kappa shape index (κ3) is 2.79. The first kappa shape index (κ1) is 11.5. The third-order valence-electron chi connectivity index (χ3n) is 3.72. The van der Waals surface area contributed by atoms with Crippen molar-refractivity contribution in [2.24, 2.45) is 0 Å². The molecule has 0 amide bonds. The van der Waals surface area contributed by atoms with Crippen molar-refractivity contribution in [3.63, 3.8) is 0 Å². The molecular weight excluding hydrogens is 228 g/mol. The van der Waals surface area contributed by atoms with Crippen LogP contribution in [0.1, 0.15) is 24.6 Å². The lowest BCUT2D eigenvalue weighted by atomic mass is 10.0. The molecule has 2 nitrogen and oxygen atoms in total. The fraction of sp³-hybridized carbons (Fsp3) is 0.571. The van der Waals surface area contributed by atoms with Crippen molar-refractivity contribution in [1.82, 2.24) is 10.2 Å². The first-order chi connectivity index (χ1) is 8.33. The predicted octanol–water partition coefficient (Wildman–Crippen LogP) is 2.63. The molecule has 0 spiro atoms. The Bertz CT molecular complexity index is 398. The summed E-state index contributed by atoms with van der Waals surface area (Å²) in [6.45, 7) is 6.84. The van der Waals surface area contributed by atoms with Crippen LogP contribution in [0.4, 0.5) is 0 Å². The fourth-order valence-corrected chi connectivity index (χ4v) is 3.05. The molecule has 1 N–H and O–H groups in total. The molecule has 0 atom stereocenters. The van der Waals surface area contributed by atoms with Gasteiger partial charge in [0.15, 0.2) is 0 Å². The highest BCUT2D eigenvalue weighted by atomic mass is 32.1. The molecule has 2 aliphatic rings. The van der Waals surface area contributed by atoms with Gasteiger partial charge in [-0.25, -0.2) is 0 Å². The second kappa shape index (κ2) is 4.92. The summed E-state index contributed by atoms with van der Waals surface area (Å²) in [5, 5.41) is 5.51. The minimum atomic E-state index is 0.848. The van der Waals surface area contributed by atoms with Gasteiger partial charge in [-0.2, -0.15) is 0 Å². The van der Waals surface area contributed by atoms with E-state index in [4.69, 9.17) is 0 Å². The molecule has 0 aromatic carbocycles. The predicted molar refractivity (Wildman–Crippen MR) is 73.3 cm³/mol. The van der Waals surface area contributed by atoms with Crippen LogP contribution in [0.15, 0.2) is 28.7 Å². The van der Waals surface area contributed by atoms with Gasteiger partial charge in [0.05, 0.1) is 0 Å². The molecule has 1 aromatic heterocycles. The molecule has 92 valence electrons. The van der Waals surface area contributed by atoms with E-state index in [1.807, 2.05) is 11.3 Å². The standard InChI is InChI=1S/C14H20N2S/c1-11(12-7-15-8-12)9-16(13-4-5-13)10-14-3-2-6-17-14/h2-3,6,13,15H,4-5,7-10H2,1H3. The van der Waals surface area contributed by atoms with Crippen LogP contribution in [0.25, 0.3) is 0 Å². The molecule has 2 fully saturated rings. The molecule has 1 saturated heterocycles. The van der Waals surface area contributed by atoms with Gasteiger partial charge < -0.3 is 5.32 Å². The first-order valence-corrected chi connectivity index (χ1v) is 7.35. The summed E-state index contributed by atoms with van der Waals surface area (Å²) in [5.41, 5.74) is 3.22. The Morgan fingerprint density at radius 2 is 2.29 bits per heavy atom. The van der Waals surface area contributed by atoms with Gasteiger partial charge in [-0.3, -0.25) is 4.90 Å². The summed E-state index contributed by atoms with van der Waals surface area (Å²) < 4.78 is 0. The normalized spacial score (nSPS) is 19.5. The number of nitrogens with zero attached hydrogens (tertiary/aromatic N) is 1. The summed E-state index contributed by atoms with van der Waals surface area (Å²) in [4.78, 5) is 4.16. The molecule has 0 unspecified atom stereocenters. The number of hydrogen-bond donors (Lipinski definition) is 1. The van der Waals surface area contributed by atoms with E-state index in [0.717, 1.165) is 25.7 Å². The zero-order chi connectivity index (χ0) is 11.7. The first-order valence-electron chi connectivity index (χ1n) is 6.47. The van der Waals surface area contributed by atoms with Gasteiger partial charge in [0.1, 0.15) is 0 Å². The van der Waals surface area contributed by atoms with Crippen LogP contribution >= 0.6 is 11.3 Å². The van der Waals surface area contributed by atoms with Crippen molar-refractivity contribution in [3.05, 3.63) is 33.5 Å². The molecule has 1 aliphatic carbocycles. The smallest absolute Gasteiger partial charge is 0.0334 e. The zero-order valence-corrected chi connectivity index (χ0v) is 11.2. The van der Waals surface area contributed by atoms with Crippen LogP contribution in [0, 0.1) is 0 Å². The SMILES string of the molecule is CC(CN(Cc1cccs1)C1CC1)=C1CNC1. The number of thiophene rings is 1. The van der Waals surface area contributed by atoms with Crippen molar-refractivity contribution < 1.29 is 0 Å². The molecule has 0 radical (unpaired) electrons. The zero-order valence-electron chi connectivity index (χ0n) is 10.4. The maximum atomic E-state index is 3.33. The van der Waals surface area contributed by atoms with E-state index < -0.39 is 0 Å². The van der Waals surface area contributed by atoms with Gasteiger partial charge in [0.2, 0.25) is 0 Å². The summed E-state index contributed by atoms with van der Waals surface area (Å²) in [7, 11) is 0. The van der Waals surface area contributed by atoms with Crippen molar-refractivity contribution >= 4 is 11.3 Å². The minimum Gasteiger partial charge on any atom is -0.309 e. The van der Waals surface area contributed by atoms with Crippen molar-refractivity contribution in [1.29, 1.82) is 0 Å². The molecule has 17 heavy (non-hydrogen) atoms. The topological polar surface area (TPSA) is 15.3 Å². The van der Waals surface area contributed by atoms with E-state index in [1.54, 1.807) is 11.1 Å². The quantitative estimate of drug-likeness (QED) is 0.806. The molecular formula is C14H20N2S. The van der Waals surface area contributed by atoms with Crippen molar-refractivity contribution in [2.75, 3.05) is 19.6 Å². The van der Waals surface area contributed by atoms with Gasteiger partial charge in [-0.05, 0) is 36.8 Å². The molecule has 1 aromatic rings. The molecule has 1 saturated carbocycles. The summed E-state index contributed by atoms with van der Waals surface area (Å²) in [6.07, 6.45) is 2.79. The van der Waals surface area contributed by atoms with E-state index in [9.17, 15) is 0 Å². The van der Waals surface area contributed by atoms with E-state index in [2.05, 4.69) is 34.7 Å². The van der Waals surface area contributed by atoms with Crippen LogP contribution in [0.2, 0.25) is 0 Å². The molecule has 1 aliphatic heterocycles. The van der Waals surface area contributed by atoms with Gasteiger partial charge in [-0.1, -0.05) is 11.6 Å². The lowest BCUT2D eigenvalue weighted by Gasteiger charge is -2.27. The second-order valence-corrected chi connectivity index (χ2v) is 6.24. The average molecular weight is 248 g/mol. The fourth-order valence-electron chi connectivity index (χ4n) is 2.32. The summed E-state index contributed by atoms with van der Waals surface area (Å²) >= 11 is 1.88. The Kier molecular flexibility index (Phi) is 3.32. The Labute approximate surface area is 107 Å². The summed E-state index contributed by atoms with van der Waals surface area (Å²) in [5.74, 6) is 0. The van der Waals surface area contributed by atoms with Crippen LogP contribution in [0.3, 0.4) is 0 Å². The molecule has 3 rings (SSSR count). The third-order valence-corrected chi connectivity index (χ3v) is 4.58. The van der Waals surface area contributed by atoms with Crippen LogP contribution in [-0.4, -0.2) is 30.6 Å². The molecule has 2 heterocycles. The Morgan fingerprint density at radius 1 is 1.47 bits per heavy atom.